The number of nitrogens with zero attached hydrogens (tertiary/aromatic N) is 2. The van der Waals surface area contributed by atoms with Gasteiger partial charge in [0.1, 0.15) is 5.01 Å². The summed E-state index contributed by atoms with van der Waals surface area (Å²) in [6.07, 6.45) is 0. The van der Waals surface area contributed by atoms with E-state index in [4.69, 9.17) is 4.98 Å². The van der Waals surface area contributed by atoms with Crippen LogP contribution in [-0.4, -0.2) is 4.98 Å². The number of para-hydroxylation sites is 1. The van der Waals surface area contributed by atoms with Crippen molar-refractivity contribution in [1.29, 1.82) is 0 Å². The Morgan fingerprint density at radius 2 is 1.12 bits per heavy atom. The second-order valence-electron chi connectivity index (χ2n) is 10.4. The fourth-order valence-electron chi connectivity index (χ4n) is 6.03. The minimum absolute atomic E-state index is 1.07. The summed E-state index contributed by atoms with van der Waals surface area (Å²) in [6, 6.07) is 48.1. The van der Waals surface area contributed by atoms with E-state index in [0.29, 0.717) is 0 Å². The first-order valence-electron chi connectivity index (χ1n) is 13.9. The first-order chi connectivity index (χ1) is 20.8. The van der Waals surface area contributed by atoms with Crippen LogP contribution < -0.4 is 4.90 Å². The molecule has 0 aliphatic heterocycles. The molecule has 0 spiro atoms. The maximum absolute atomic E-state index is 5.21. The molecule has 0 aliphatic carbocycles. The van der Waals surface area contributed by atoms with Crippen molar-refractivity contribution in [1.82, 2.24) is 4.98 Å². The summed E-state index contributed by atoms with van der Waals surface area (Å²) in [7, 11) is 0. The first kappa shape index (κ1) is 24.1. The molecule has 5 heteroatoms. The lowest BCUT2D eigenvalue weighted by Gasteiger charge is -2.26. The molecule has 2 nitrogen and oxygen atoms in total. The molecule has 0 atom stereocenters. The fraction of sp³-hybridized carbons (Fsp3) is 0. The van der Waals surface area contributed by atoms with Gasteiger partial charge >= 0.3 is 0 Å². The van der Waals surface area contributed by atoms with E-state index in [-0.39, 0.29) is 0 Å². The molecule has 9 rings (SSSR count). The van der Waals surface area contributed by atoms with Crippen LogP contribution in [-0.2, 0) is 0 Å². The lowest BCUT2D eigenvalue weighted by molar-refractivity contribution is 1.31. The topological polar surface area (TPSA) is 16.1 Å². The van der Waals surface area contributed by atoms with Gasteiger partial charge in [0.05, 0.1) is 15.9 Å². The zero-order valence-corrected chi connectivity index (χ0v) is 24.8. The van der Waals surface area contributed by atoms with Gasteiger partial charge in [-0.15, -0.1) is 34.0 Å². The van der Waals surface area contributed by atoms with Crippen molar-refractivity contribution in [2.75, 3.05) is 4.90 Å². The van der Waals surface area contributed by atoms with E-state index in [2.05, 4.69) is 138 Å². The number of anilines is 3. The van der Waals surface area contributed by atoms with Crippen LogP contribution in [0.3, 0.4) is 0 Å². The minimum atomic E-state index is 1.07. The average molecular weight is 591 g/mol. The molecule has 0 radical (unpaired) electrons. The molecule has 198 valence electrons. The Morgan fingerprint density at radius 1 is 0.452 bits per heavy atom. The van der Waals surface area contributed by atoms with E-state index < -0.39 is 0 Å². The zero-order chi connectivity index (χ0) is 27.6. The highest BCUT2D eigenvalue weighted by Crippen LogP contribution is 2.47. The maximum Gasteiger partial charge on any atom is 0.124 e. The third-order valence-corrected chi connectivity index (χ3v) is 11.2. The molecular formula is C37H22N2S3. The number of rotatable bonds is 4. The number of benzene rings is 6. The van der Waals surface area contributed by atoms with Crippen LogP contribution in [0.4, 0.5) is 17.1 Å². The van der Waals surface area contributed by atoms with Gasteiger partial charge in [-0.2, -0.15) is 0 Å². The van der Waals surface area contributed by atoms with Crippen molar-refractivity contribution >= 4 is 102 Å². The van der Waals surface area contributed by atoms with Gasteiger partial charge in [0.25, 0.3) is 0 Å². The second kappa shape index (κ2) is 9.50. The molecule has 42 heavy (non-hydrogen) atoms. The molecule has 9 aromatic rings. The Hall–Kier alpha value is -4.55. The van der Waals surface area contributed by atoms with Crippen LogP contribution in [0.25, 0.3) is 61.1 Å². The van der Waals surface area contributed by atoms with Crippen LogP contribution in [0.5, 0.6) is 0 Å². The highest BCUT2D eigenvalue weighted by Gasteiger charge is 2.20. The van der Waals surface area contributed by atoms with Crippen molar-refractivity contribution in [3.05, 3.63) is 133 Å². The van der Waals surface area contributed by atoms with Crippen LogP contribution in [0.2, 0.25) is 0 Å². The number of aromatic nitrogens is 1. The van der Waals surface area contributed by atoms with Gasteiger partial charge in [-0.1, -0.05) is 72.8 Å². The predicted octanol–water partition coefficient (Wildman–Crippen LogP) is 12.2. The van der Waals surface area contributed by atoms with Crippen molar-refractivity contribution in [2.45, 2.75) is 0 Å². The van der Waals surface area contributed by atoms with Gasteiger partial charge in [-0.25, -0.2) is 4.98 Å². The number of hydrogen-bond acceptors (Lipinski definition) is 5. The molecule has 3 aromatic heterocycles. The number of fused-ring (bicyclic) bond motifs is 8. The van der Waals surface area contributed by atoms with Crippen LogP contribution in [0.1, 0.15) is 0 Å². The minimum Gasteiger partial charge on any atom is -0.310 e. The van der Waals surface area contributed by atoms with Gasteiger partial charge in [0.2, 0.25) is 0 Å². The first-order valence-corrected chi connectivity index (χ1v) is 16.3. The monoisotopic (exact) mass is 590 g/mol. The van der Waals surface area contributed by atoms with Crippen LogP contribution >= 0.6 is 34.0 Å². The van der Waals surface area contributed by atoms with Crippen LogP contribution in [0.15, 0.2) is 133 Å². The van der Waals surface area contributed by atoms with Crippen molar-refractivity contribution in [3.63, 3.8) is 0 Å². The lowest BCUT2D eigenvalue weighted by Crippen LogP contribution is -2.10. The Labute approximate surface area is 254 Å². The van der Waals surface area contributed by atoms with E-state index >= 15 is 0 Å². The fourth-order valence-corrected chi connectivity index (χ4v) is 9.23. The number of thiophene rings is 2. The van der Waals surface area contributed by atoms with E-state index in [1.54, 1.807) is 11.3 Å². The molecule has 0 aliphatic rings. The van der Waals surface area contributed by atoms with Gasteiger partial charge in [-0.3, -0.25) is 0 Å². The van der Waals surface area contributed by atoms with E-state index in [9.17, 15) is 0 Å². The summed E-state index contributed by atoms with van der Waals surface area (Å²) in [5, 5.41) is 6.17. The van der Waals surface area contributed by atoms with E-state index in [1.807, 2.05) is 22.7 Å². The molecule has 3 heterocycles. The maximum atomic E-state index is 5.21. The highest BCUT2D eigenvalue weighted by atomic mass is 32.1. The van der Waals surface area contributed by atoms with E-state index in [0.717, 1.165) is 21.9 Å². The van der Waals surface area contributed by atoms with Gasteiger partial charge in [0, 0.05) is 57.3 Å². The number of hydrogen-bond donors (Lipinski definition) is 0. The molecule has 0 saturated carbocycles. The highest BCUT2D eigenvalue weighted by molar-refractivity contribution is 7.27. The van der Waals surface area contributed by atoms with Crippen LogP contribution in [0, 0.1) is 0 Å². The molecule has 6 aromatic carbocycles. The molecule has 0 bridgehead atoms. The van der Waals surface area contributed by atoms with E-state index in [1.165, 1.54) is 56.3 Å². The molecular weight excluding hydrogens is 569 g/mol. The standard InChI is InChI=1S/C37H22N2S3/c1-3-10-23(11-4-1)37-38-36-33(42-37)21-20-32-35(36)27-22-25(18-19-30(27)41-32)39(24-12-5-2-6-13-24)28-15-9-17-31-34(28)26-14-7-8-16-29(26)40-31/h1-22H. The smallest absolute Gasteiger partial charge is 0.124 e. The number of thiazole rings is 1. The zero-order valence-electron chi connectivity index (χ0n) is 22.3. The normalized spacial score (nSPS) is 11.8. The summed E-state index contributed by atoms with van der Waals surface area (Å²) in [4.78, 5) is 7.62. The quantitative estimate of drug-likeness (QED) is 0.203. The Kier molecular flexibility index (Phi) is 5.45. The Balaban J connectivity index is 1.31. The lowest BCUT2D eigenvalue weighted by atomic mass is 10.1. The second-order valence-corrected chi connectivity index (χ2v) is 13.6. The molecule has 0 N–H and O–H groups in total. The third-order valence-electron chi connectivity index (χ3n) is 7.89. The summed E-state index contributed by atoms with van der Waals surface area (Å²) in [5.41, 5.74) is 5.74. The molecule has 0 saturated heterocycles. The summed E-state index contributed by atoms with van der Waals surface area (Å²) in [6.45, 7) is 0. The SMILES string of the molecule is c1ccc(-c2nc3c(ccc4sc5ccc(N(c6ccccc6)c6cccc7sc8ccccc8c67)cc5c43)s2)cc1. The summed E-state index contributed by atoms with van der Waals surface area (Å²) < 4.78 is 6.39. The largest absolute Gasteiger partial charge is 0.310 e. The Bertz CT molecular complexity index is 2420. The molecule has 0 amide bonds. The average Bonchev–Trinajstić information content (AvgIpc) is 3.75. The van der Waals surface area contributed by atoms with Crippen molar-refractivity contribution < 1.29 is 0 Å². The molecule has 0 unspecified atom stereocenters. The van der Waals surface area contributed by atoms with Gasteiger partial charge in [-0.05, 0) is 60.7 Å². The predicted molar refractivity (Wildman–Crippen MR) is 186 cm³/mol. The summed E-state index contributed by atoms with van der Waals surface area (Å²) in [5.74, 6) is 0. The van der Waals surface area contributed by atoms with Gasteiger partial charge < -0.3 is 4.90 Å². The van der Waals surface area contributed by atoms with Gasteiger partial charge in [0.15, 0.2) is 0 Å². The third kappa shape index (κ3) is 3.71. The van der Waals surface area contributed by atoms with Crippen molar-refractivity contribution in [2.24, 2.45) is 0 Å². The summed E-state index contributed by atoms with van der Waals surface area (Å²) >= 11 is 5.48. The van der Waals surface area contributed by atoms with Crippen molar-refractivity contribution in [3.8, 4) is 10.6 Å². The molecule has 0 fully saturated rings. The Morgan fingerprint density at radius 3 is 1.98 bits per heavy atom.